The summed E-state index contributed by atoms with van der Waals surface area (Å²) in [6.07, 6.45) is 0.983. The van der Waals surface area contributed by atoms with Crippen LogP contribution in [-0.4, -0.2) is 12.5 Å². The van der Waals surface area contributed by atoms with E-state index in [1.165, 1.54) is 12.1 Å². The maximum absolute atomic E-state index is 12.8. The molecule has 2 nitrogen and oxygen atoms in total. The summed E-state index contributed by atoms with van der Waals surface area (Å²) in [7, 11) is 0. The summed E-state index contributed by atoms with van der Waals surface area (Å²) in [6, 6.07) is 6.09. The minimum absolute atomic E-state index is 0.168. The molecule has 1 aliphatic carbocycles. The summed E-state index contributed by atoms with van der Waals surface area (Å²) in [5, 5.41) is 0. The molecule has 0 bridgehead atoms. The van der Waals surface area contributed by atoms with Crippen LogP contribution < -0.4 is 4.90 Å². The van der Waals surface area contributed by atoms with Crippen LogP contribution in [0, 0.1) is 17.7 Å². The third-order valence-electron chi connectivity index (χ3n) is 3.15. The molecule has 1 aromatic carbocycles. The van der Waals surface area contributed by atoms with E-state index >= 15 is 0 Å². The zero-order valence-electron chi connectivity index (χ0n) is 9.61. The molecule has 1 amide bonds. The van der Waals surface area contributed by atoms with Crippen LogP contribution in [0.2, 0.25) is 0 Å². The third-order valence-corrected chi connectivity index (χ3v) is 3.15. The molecule has 86 valence electrons. The van der Waals surface area contributed by atoms with Gasteiger partial charge in [0.25, 0.3) is 0 Å². The molecule has 0 spiro atoms. The number of hydrogen-bond acceptors (Lipinski definition) is 1. The number of nitrogens with zero attached hydrogens (tertiary/aromatic N) is 1. The Morgan fingerprint density at radius 3 is 2.44 bits per heavy atom. The molecule has 0 radical (unpaired) electrons. The van der Waals surface area contributed by atoms with Gasteiger partial charge in [0.05, 0.1) is 0 Å². The van der Waals surface area contributed by atoms with Gasteiger partial charge in [-0.3, -0.25) is 4.79 Å². The van der Waals surface area contributed by atoms with Gasteiger partial charge in [0.15, 0.2) is 0 Å². The van der Waals surface area contributed by atoms with E-state index in [-0.39, 0.29) is 17.6 Å². The van der Waals surface area contributed by atoms with Gasteiger partial charge in [-0.15, -0.1) is 0 Å². The lowest BCUT2D eigenvalue weighted by Crippen LogP contribution is -2.32. The number of halogens is 1. The maximum atomic E-state index is 12.8. The lowest BCUT2D eigenvalue weighted by Gasteiger charge is -2.21. The van der Waals surface area contributed by atoms with Crippen LogP contribution >= 0.6 is 0 Å². The molecule has 2 unspecified atom stereocenters. The highest BCUT2D eigenvalue weighted by molar-refractivity contribution is 5.96. The van der Waals surface area contributed by atoms with Crippen LogP contribution in [0.25, 0.3) is 0 Å². The second kappa shape index (κ2) is 4.24. The Hall–Kier alpha value is -1.38. The first kappa shape index (κ1) is 11.1. The fraction of sp³-hybridized carbons (Fsp3) is 0.462. The van der Waals surface area contributed by atoms with E-state index in [1.807, 2.05) is 6.92 Å². The Balaban J connectivity index is 2.15. The number of carbonyl (C=O) groups is 1. The number of amides is 1. The van der Waals surface area contributed by atoms with E-state index in [1.54, 1.807) is 17.0 Å². The van der Waals surface area contributed by atoms with E-state index in [0.717, 1.165) is 12.1 Å². The van der Waals surface area contributed by atoms with Gasteiger partial charge in [-0.25, -0.2) is 4.39 Å². The van der Waals surface area contributed by atoms with Crippen LogP contribution in [0.1, 0.15) is 20.3 Å². The molecular formula is C13H16FNO. The lowest BCUT2D eigenvalue weighted by atomic mass is 10.2. The van der Waals surface area contributed by atoms with Crippen molar-refractivity contribution in [2.24, 2.45) is 11.8 Å². The van der Waals surface area contributed by atoms with Gasteiger partial charge in [0, 0.05) is 18.2 Å². The van der Waals surface area contributed by atoms with E-state index in [9.17, 15) is 9.18 Å². The standard InChI is InChI=1S/C13H16FNO/c1-3-15(13(16)12-8-9(12)2)11-6-4-10(14)5-7-11/h4-7,9,12H,3,8H2,1-2H3. The second-order valence-electron chi connectivity index (χ2n) is 4.38. The molecule has 0 saturated heterocycles. The molecule has 0 aliphatic heterocycles. The monoisotopic (exact) mass is 221 g/mol. The SMILES string of the molecule is CCN(C(=O)C1CC1C)c1ccc(F)cc1. The Bertz CT molecular complexity index is 387. The van der Waals surface area contributed by atoms with E-state index in [4.69, 9.17) is 0 Å². The van der Waals surface area contributed by atoms with Crippen molar-refractivity contribution in [1.82, 2.24) is 0 Å². The normalized spacial score (nSPS) is 22.9. The first-order valence-electron chi connectivity index (χ1n) is 5.70. The summed E-state index contributed by atoms with van der Waals surface area (Å²) in [4.78, 5) is 13.8. The van der Waals surface area contributed by atoms with Crippen LogP contribution in [-0.2, 0) is 4.79 Å². The van der Waals surface area contributed by atoms with Crippen molar-refractivity contribution < 1.29 is 9.18 Å². The maximum Gasteiger partial charge on any atom is 0.230 e. The first-order valence-corrected chi connectivity index (χ1v) is 5.70. The minimum Gasteiger partial charge on any atom is -0.312 e. The number of rotatable bonds is 3. The molecule has 1 aliphatic rings. The molecule has 0 heterocycles. The van der Waals surface area contributed by atoms with Gasteiger partial charge in [-0.1, -0.05) is 6.92 Å². The zero-order valence-corrected chi connectivity index (χ0v) is 9.61. The van der Waals surface area contributed by atoms with Crippen molar-refractivity contribution >= 4 is 11.6 Å². The molecule has 0 aromatic heterocycles. The predicted molar refractivity (Wildman–Crippen MR) is 61.7 cm³/mol. The van der Waals surface area contributed by atoms with Crippen molar-refractivity contribution in [2.75, 3.05) is 11.4 Å². The fourth-order valence-corrected chi connectivity index (χ4v) is 1.95. The minimum atomic E-state index is -0.271. The van der Waals surface area contributed by atoms with Crippen molar-refractivity contribution in [3.63, 3.8) is 0 Å². The number of hydrogen-bond donors (Lipinski definition) is 0. The molecule has 2 rings (SSSR count). The summed E-state index contributed by atoms with van der Waals surface area (Å²) in [5.74, 6) is 0.570. The van der Waals surface area contributed by atoms with E-state index in [0.29, 0.717) is 12.5 Å². The summed E-state index contributed by atoms with van der Waals surface area (Å²) in [5.41, 5.74) is 0.785. The van der Waals surface area contributed by atoms with Crippen LogP contribution in [0.15, 0.2) is 24.3 Å². The van der Waals surface area contributed by atoms with Crippen molar-refractivity contribution in [3.05, 3.63) is 30.1 Å². The molecule has 1 fully saturated rings. The van der Waals surface area contributed by atoms with Crippen LogP contribution in [0.3, 0.4) is 0 Å². The molecule has 1 saturated carbocycles. The first-order chi connectivity index (χ1) is 7.63. The van der Waals surface area contributed by atoms with E-state index in [2.05, 4.69) is 6.92 Å². The smallest absolute Gasteiger partial charge is 0.230 e. The Kier molecular flexibility index (Phi) is 2.95. The van der Waals surface area contributed by atoms with Gasteiger partial charge in [0.2, 0.25) is 5.91 Å². The number of carbonyl (C=O) groups excluding carboxylic acids is 1. The highest BCUT2D eigenvalue weighted by Gasteiger charge is 2.41. The number of anilines is 1. The van der Waals surface area contributed by atoms with Crippen LogP contribution in [0.4, 0.5) is 10.1 Å². The Morgan fingerprint density at radius 2 is 2.00 bits per heavy atom. The highest BCUT2D eigenvalue weighted by Crippen LogP contribution is 2.39. The van der Waals surface area contributed by atoms with Crippen LogP contribution in [0.5, 0.6) is 0 Å². The lowest BCUT2D eigenvalue weighted by molar-refractivity contribution is -0.120. The van der Waals surface area contributed by atoms with Crippen molar-refractivity contribution in [1.29, 1.82) is 0 Å². The summed E-state index contributed by atoms with van der Waals surface area (Å²) < 4.78 is 12.8. The third kappa shape index (κ3) is 2.08. The summed E-state index contributed by atoms with van der Waals surface area (Å²) >= 11 is 0. The quantitative estimate of drug-likeness (QED) is 0.768. The van der Waals surface area contributed by atoms with Crippen molar-refractivity contribution in [3.8, 4) is 0 Å². The predicted octanol–water partition coefficient (Wildman–Crippen LogP) is 2.83. The molecule has 16 heavy (non-hydrogen) atoms. The largest absolute Gasteiger partial charge is 0.312 e. The van der Waals surface area contributed by atoms with Gasteiger partial charge in [-0.05, 0) is 43.5 Å². The Morgan fingerprint density at radius 1 is 1.44 bits per heavy atom. The summed E-state index contributed by atoms with van der Waals surface area (Å²) in [6.45, 7) is 4.66. The van der Waals surface area contributed by atoms with Gasteiger partial charge < -0.3 is 4.90 Å². The topological polar surface area (TPSA) is 20.3 Å². The second-order valence-corrected chi connectivity index (χ2v) is 4.38. The fourth-order valence-electron chi connectivity index (χ4n) is 1.95. The average Bonchev–Trinajstić information content (AvgIpc) is 2.99. The van der Waals surface area contributed by atoms with Crippen molar-refractivity contribution in [2.45, 2.75) is 20.3 Å². The van der Waals surface area contributed by atoms with Gasteiger partial charge in [-0.2, -0.15) is 0 Å². The number of benzene rings is 1. The Labute approximate surface area is 95.1 Å². The highest BCUT2D eigenvalue weighted by atomic mass is 19.1. The molecule has 0 N–H and O–H groups in total. The average molecular weight is 221 g/mol. The van der Waals surface area contributed by atoms with Gasteiger partial charge in [0.1, 0.15) is 5.82 Å². The molecule has 3 heteroatoms. The van der Waals surface area contributed by atoms with E-state index < -0.39 is 0 Å². The molecule has 1 aromatic rings. The molecular weight excluding hydrogens is 205 g/mol. The zero-order chi connectivity index (χ0) is 11.7. The molecule has 2 atom stereocenters. The van der Waals surface area contributed by atoms with Gasteiger partial charge >= 0.3 is 0 Å².